The Balaban J connectivity index is 1.51. The molecule has 0 bridgehead atoms. The number of para-hydroxylation sites is 1. The predicted molar refractivity (Wildman–Crippen MR) is 107 cm³/mol. The zero-order valence-corrected chi connectivity index (χ0v) is 15.6. The van der Waals surface area contributed by atoms with Crippen LogP contribution in [-0.4, -0.2) is 29.9 Å². The van der Waals surface area contributed by atoms with Crippen LogP contribution in [0.1, 0.15) is 28.8 Å². The molecule has 4 rings (SSSR count). The van der Waals surface area contributed by atoms with Crippen molar-refractivity contribution in [1.29, 1.82) is 0 Å². The molecule has 5 heteroatoms. The van der Waals surface area contributed by atoms with E-state index in [1.165, 1.54) is 17.7 Å². The third-order valence-corrected chi connectivity index (χ3v) is 5.25. The Morgan fingerprint density at radius 2 is 1.75 bits per heavy atom. The first-order valence-corrected chi connectivity index (χ1v) is 9.58. The molecule has 1 aliphatic heterocycles. The minimum atomic E-state index is -0.338. The van der Waals surface area contributed by atoms with Gasteiger partial charge in [-0.3, -0.25) is 9.69 Å². The van der Waals surface area contributed by atoms with Crippen molar-refractivity contribution in [3.63, 3.8) is 0 Å². The Morgan fingerprint density at radius 1 is 1.04 bits per heavy atom. The molecule has 1 amide bonds. The lowest BCUT2D eigenvalue weighted by atomic mass is 10.0. The van der Waals surface area contributed by atoms with Crippen molar-refractivity contribution in [2.24, 2.45) is 0 Å². The number of carbonyl (C=O) groups excluding carboxylic acids is 1. The number of nitrogens with zero attached hydrogens (tertiary/aromatic N) is 2. The molecule has 3 aromatic rings. The van der Waals surface area contributed by atoms with Crippen LogP contribution in [-0.2, 0) is 6.54 Å². The Morgan fingerprint density at radius 3 is 2.39 bits per heavy atom. The van der Waals surface area contributed by atoms with Gasteiger partial charge in [-0.2, -0.15) is 0 Å². The number of furan rings is 1. The van der Waals surface area contributed by atoms with E-state index in [4.69, 9.17) is 4.42 Å². The largest absolute Gasteiger partial charge is 0.472 e. The maximum Gasteiger partial charge on any atom is 0.258 e. The third kappa shape index (κ3) is 4.15. The first-order valence-electron chi connectivity index (χ1n) is 9.58. The summed E-state index contributed by atoms with van der Waals surface area (Å²) in [4.78, 5) is 17.5. The first kappa shape index (κ1) is 18.4. The molecule has 0 atom stereocenters. The topological polar surface area (TPSA) is 36.7 Å². The van der Waals surface area contributed by atoms with Crippen LogP contribution in [0.2, 0.25) is 0 Å². The highest BCUT2D eigenvalue weighted by atomic mass is 19.1. The highest BCUT2D eigenvalue weighted by molar-refractivity contribution is 6.06. The van der Waals surface area contributed by atoms with Crippen molar-refractivity contribution in [2.45, 2.75) is 25.4 Å². The molecular formula is C23H23FN2O2. The quantitative estimate of drug-likeness (QED) is 0.644. The second-order valence-electron chi connectivity index (χ2n) is 7.16. The smallest absolute Gasteiger partial charge is 0.258 e. The van der Waals surface area contributed by atoms with Gasteiger partial charge >= 0.3 is 0 Å². The van der Waals surface area contributed by atoms with Gasteiger partial charge in [0.05, 0.1) is 12.5 Å². The molecule has 1 fully saturated rings. The van der Waals surface area contributed by atoms with E-state index in [2.05, 4.69) is 4.90 Å². The molecule has 0 aliphatic carbocycles. The van der Waals surface area contributed by atoms with Crippen molar-refractivity contribution in [2.75, 3.05) is 18.0 Å². The van der Waals surface area contributed by atoms with Gasteiger partial charge in [-0.15, -0.1) is 0 Å². The summed E-state index contributed by atoms with van der Waals surface area (Å²) in [6, 6.07) is 17.6. The molecule has 2 aromatic carbocycles. The molecule has 4 nitrogen and oxygen atoms in total. The summed E-state index contributed by atoms with van der Waals surface area (Å²) in [5.41, 5.74) is 2.55. The van der Waals surface area contributed by atoms with Crippen LogP contribution in [0, 0.1) is 5.82 Å². The van der Waals surface area contributed by atoms with E-state index in [1.54, 1.807) is 24.7 Å². The van der Waals surface area contributed by atoms with Crippen molar-refractivity contribution in [3.05, 3.63) is 90.1 Å². The van der Waals surface area contributed by atoms with Gasteiger partial charge in [-0.1, -0.05) is 18.2 Å². The van der Waals surface area contributed by atoms with Crippen molar-refractivity contribution in [3.8, 4) is 0 Å². The Kier molecular flexibility index (Phi) is 5.53. The molecular weight excluding hydrogens is 355 g/mol. The molecule has 0 radical (unpaired) electrons. The van der Waals surface area contributed by atoms with E-state index < -0.39 is 0 Å². The maximum absolute atomic E-state index is 13.3. The summed E-state index contributed by atoms with van der Waals surface area (Å²) in [6.45, 7) is 2.69. The number of carbonyl (C=O) groups is 1. The summed E-state index contributed by atoms with van der Waals surface area (Å²) >= 11 is 0. The minimum Gasteiger partial charge on any atom is -0.472 e. The fraction of sp³-hybridized carbons (Fsp3) is 0.261. The Labute approximate surface area is 164 Å². The lowest BCUT2D eigenvalue weighted by molar-refractivity contribution is 0.0958. The zero-order valence-electron chi connectivity index (χ0n) is 15.6. The number of likely N-dealkylation sites (tertiary alicyclic amines) is 1. The van der Waals surface area contributed by atoms with E-state index in [-0.39, 0.29) is 17.8 Å². The van der Waals surface area contributed by atoms with Crippen LogP contribution in [0.3, 0.4) is 0 Å². The third-order valence-electron chi connectivity index (χ3n) is 5.25. The van der Waals surface area contributed by atoms with Crippen molar-refractivity contribution >= 4 is 11.6 Å². The summed E-state index contributed by atoms with van der Waals surface area (Å²) < 4.78 is 18.4. The normalized spacial score (nSPS) is 15.5. The number of hydrogen-bond acceptors (Lipinski definition) is 3. The van der Waals surface area contributed by atoms with Crippen molar-refractivity contribution in [1.82, 2.24) is 4.90 Å². The SMILES string of the molecule is O=C(c1ccc(F)cc1)N(c1ccccc1)C1CCN(Cc2ccoc2)CC1. The monoisotopic (exact) mass is 378 g/mol. The van der Waals surface area contributed by atoms with Gasteiger partial charge in [0.2, 0.25) is 0 Å². The Hall–Kier alpha value is -2.92. The lowest BCUT2D eigenvalue weighted by Crippen LogP contribution is -2.47. The molecule has 1 aromatic heterocycles. The summed E-state index contributed by atoms with van der Waals surface area (Å²) in [6.07, 6.45) is 5.25. The van der Waals surface area contributed by atoms with Gasteiger partial charge in [0, 0.05) is 42.5 Å². The van der Waals surface area contributed by atoms with E-state index in [0.29, 0.717) is 5.56 Å². The van der Waals surface area contributed by atoms with Crippen molar-refractivity contribution < 1.29 is 13.6 Å². The van der Waals surface area contributed by atoms with E-state index >= 15 is 0 Å². The molecule has 0 spiro atoms. The predicted octanol–water partition coefficient (Wildman–Crippen LogP) is 4.73. The van der Waals surface area contributed by atoms with Crippen LogP contribution in [0.4, 0.5) is 10.1 Å². The van der Waals surface area contributed by atoms with E-state index in [0.717, 1.165) is 38.2 Å². The number of rotatable bonds is 5. The number of amides is 1. The first-order chi connectivity index (χ1) is 13.7. The summed E-state index contributed by atoms with van der Waals surface area (Å²) in [5, 5.41) is 0. The zero-order chi connectivity index (χ0) is 19.3. The number of benzene rings is 2. The maximum atomic E-state index is 13.3. The number of halogens is 1. The van der Waals surface area contributed by atoms with Crippen LogP contribution >= 0.6 is 0 Å². The number of hydrogen-bond donors (Lipinski definition) is 0. The van der Waals surface area contributed by atoms with Crippen LogP contribution < -0.4 is 4.90 Å². The standard InChI is InChI=1S/C23H23FN2O2/c24-20-8-6-19(7-9-20)23(27)26(21-4-2-1-3-5-21)22-10-13-25(14-11-22)16-18-12-15-28-17-18/h1-9,12,15,17,22H,10-11,13-14,16H2. The summed E-state index contributed by atoms with van der Waals surface area (Å²) in [5.74, 6) is -0.421. The summed E-state index contributed by atoms with van der Waals surface area (Å²) in [7, 11) is 0. The molecule has 0 unspecified atom stereocenters. The van der Waals surface area contributed by atoms with Gasteiger partial charge in [-0.25, -0.2) is 4.39 Å². The second kappa shape index (κ2) is 8.40. The average Bonchev–Trinajstić information content (AvgIpc) is 3.24. The highest BCUT2D eigenvalue weighted by Gasteiger charge is 2.30. The fourth-order valence-corrected chi connectivity index (χ4v) is 3.79. The molecule has 1 aliphatic rings. The molecule has 0 saturated carbocycles. The number of piperidine rings is 1. The van der Waals surface area contributed by atoms with Crippen LogP contribution in [0.15, 0.2) is 77.6 Å². The fourth-order valence-electron chi connectivity index (χ4n) is 3.79. The van der Waals surface area contributed by atoms with E-state index in [1.807, 2.05) is 41.3 Å². The van der Waals surface area contributed by atoms with Crippen LogP contribution in [0.25, 0.3) is 0 Å². The van der Waals surface area contributed by atoms with Gasteiger partial charge in [0.1, 0.15) is 5.82 Å². The molecule has 1 saturated heterocycles. The van der Waals surface area contributed by atoms with Gasteiger partial charge in [0.15, 0.2) is 0 Å². The van der Waals surface area contributed by atoms with Gasteiger partial charge in [0.25, 0.3) is 5.91 Å². The molecule has 2 heterocycles. The Bertz CT molecular complexity index is 886. The molecule has 144 valence electrons. The molecule has 28 heavy (non-hydrogen) atoms. The number of anilines is 1. The van der Waals surface area contributed by atoms with Crippen LogP contribution in [0.5, 0.6) is 0 Å². The second-order valence-corrected chi connectivity index (χ2v) is 7.16. The van der Waals surface area contributed by atoms with E-state index in [9.17, 15) is 9.18 Å². The molecule has 0 N–H and O–H groups in total. The minimum absolute atomic E-state index is 0.0838. The lowest BCUT2D eigenvalue weighted by Gasteiger charge is -2.38. The average molecular weight is 378 g/mol. The highest BCUT2D eigenvalue weighted by Crippen LogP contribution is 2.26. The van der Waals surface area contributed by atoms with Gasteiger partial charge in [-0.05, 0) is 55.3 Å². The van der Waals surface area contributed by atoms with Gasteiger partial charge < -0.3 is 9.32 Å².